The number of alkyl halides is 3. The van der Waals surface area contributed by atoms with E-state index in [9.17, 15) is 31.1 Å². The van der Waals surface area contributed by atoms with Gasteiger partial charge in [0.25, 0.3) is 5.91 Å². The molecule has 0 bridgehead atoms. The van der Waals surface area contributed by atoms with Crippen LogP contribution in [0.2, 0.25) is 0 Å². The van der Waals surface area contributed by atoms with Crippen molar-refractivity contribution in [3.8, 4) is 5.75 Å². The molecule has 43 heavy (non-hydrogen) atoms. The summed E-state index contributed by atoms with van der Waals surface area (Å²) in [7, 11) is 0. The number of amides is 1. The van der Waals surface area contributed by atoms with Crippen LogP contribution in [-0.4, -0.2) is 47.3 Å². The van der Waals surface area contributed by atoms with Gasteiger partial charge in [0, 0.05) is 62.3 Å². The monoisotopic (exact) mass is 609 g/mol. The van der Waals surface area contributed by atoms with Crippen molar-refractivity contribution < 1.29 is 40.3 Å². The highest BCUT2D eigenvalue weighted by Gasteiger charge is 2.35. The van der Waals surface area contributed by atoms with Gasteiger partial charge >= 0.3 is 6.36 Å². The smallest absolute Gasteiger partial charge is 0.399 e. The molecule has 0 aliphatic carbocycles. The van der Waals surface area contributed by atoms with Gasteiger partial charge in [-0.05, 0) is 37.1 Å². The SMILES string of the molecule is CCc1nc2cc(F)ccn2c1C(=O)NCc1ccc(N2CCN(c3cc(F)c(OC(F)(F)F)c(F)c3)[C@@H](C)C2)c(F)c1. The fraction of sp³-hybridized carbons (Fsp3) is 0.310. The fourth-order valence-electron chi connectivity index (χ4n) is 5.22. The molecule has 1 aliphatic rings. The highest BCUT2D eigenvalue weighted by atomic mass is 19.4. The van der Waals surface area contributed by atoms with Crippen LogP contribution in [0.15, 0.2) is 48.7 Å². The molecule has 1 saturated heterocycles. The molecule has 0 unspecified atom stereocenters. The van der Waals surface area contributed by atoms with Gasteiger partial charge in [0.05, 0.1) is 11.4 Å². The maximum atomic E-state index is 15.2. The van der Waals surface area contributed by atoms with E-state index in [0.717, 1.165) is 12.1 Å². The van der Waals surface area contributed by atoms with E-state index in [2.05, 4.69) is 15.0 Å². The van der Waals surface area contributed by atoms with Gasteiger partial charge in [0.15, 0.2) is 11.6 Å². The van der Waals surface area contributed by atoms with Crippen LogP contribution in [0.5, 0.6) is 5.75 Å². The number of carbonyl (C=O) groups is 1. The summed E-state index contributed by atoms with van der Waals surface area (Å²) in [6, 6.07) is 8.13. The number of aryl methyl sites for hydroxylation is 1. The van der Waals surface area contributed by atoms with Crippen molar-refractivity contribution in [2.24, 2.45) is 0 Å². The quantitative estimate of drug-likeness (QED) is 0.261. The minimum Gasteiger partial charge on any atom is -0.399 e. The van der Waals surface area contributed by atoms with Gasteiger partial charge in [0.2, 0.25) is 5.75 Å². The van der Waals surface area contributed by atoms with Crippen LogP contribution < -0.4 is 19.9 Å². The van der Waals surface area contributed by atoms with Crippen LogP contribution in [0, 0.1) is 23.3 Å². The predicted molar refractivity (Wildman–Crippen MR) is 144 cm³/mol. The third-order valence-electron chi connectivity index (χ3n) is 7.18. The average molecular weight is 610 g/mol. The molecular formula is C29H26F7N5O2. The van der Waals surface area contributed by atoms with Gasteiger partial charge in [0.1, 0.15) is 23.0 Å². The number of hydrogen-bond donors (Lipinski definition) is 1. The van der Waals surface area contributed by atoms with Gasteiger partial charge in [-0.3, -0.25) is 9.20 Å². The number of anilines is 2. The van der Waals surface area contributed by atoms with E-state index in [1.165, 1.54) is 28.8 Å². The maximum absolute atomic E-state index is 15.2. The molecule has 2 aromatic heterocycles. The predicted octanol–water partition coefficient (Wildman–Crippen LogP) is 6.00. The first-order valence-electron chi connectivity index (χ1n) is 13.3. The van der Waals surface area contributed by atoms with Crippen LogP contribution in [0.25, 0.3) is 5.65 Å². The van der Waals surface area contributed by atoms with E-state index < -0.39 is 41.3 Å². The highest BCUT2D eigenvalue weighted by molar-refractivity contribution is 5.94. The Hall–Kier alpha value is -4.49. The Morgan fingerprint density at radius 2 is 1.74 bits per heavy atom. The van der Waals surface area contributed by atoms with Gasteiger partial charge in [-0.2, -0.15) is 0 Å². The number of halogens is 7. The zero-order chi connectivity index (χ0) is 31.1. The second kappa shape index (κ2) is 11.7. The molecule has 7 nitrogen and oxygen atoms in total. The topological polar surface area (TPSA) is 62.1 Å². The lowest BCUT2D eigenvalue weighted by atomic mass is 10.1. The number of pyridine rings is 1. The normalized spacial score (nSPS) is 15.7. The van der Waals surface area contributed by atoms with E-state index in [0.29, 0.717) is 23.3 Å². The first kappa shape index (κ1) is 30.0. The standard InChI is InChI=1S/C29H26F7N5O2/c1-3-23-26(41-7-6-18(30)11-25(41)38-23)28(42)37-14-17-4-5-24(20(31)10-17)39-8-9-40(16(2)15-39)19-12-21(32)27(22(33)13-19)43-29(34,35)36/h4-7,10-13,16H,3,8-9,14-15H2,1-2H3,(H,37,42)/t16-/m0/s1. The van der Waals surface area contributed by atoms with Crippen LogP contribution >= 0.6 is 0 Å². The van der Waals surface area contributed by atoms with Crippen molar-refractivity contribution in [3.05, 3.63) is 88.9 Å². The molecule has 4 aromatic rings. The Morgan fingerprint density at radius 3 is 2.37 bits per heavy atom. The minimum atomic E-state index is -5.25. The van der Waals surface area contributed by atoms with Crippen LogP contribution in [-0.2, 0) is 13.0 Å². The zero-order valence-electron chi connectivity index (χ0n) is 23.0. The minimum absolute atomic E-state index is 0.0168. The molecule has 14 heteroatoms. The van der Waals surface area contributed by atoms with Gasteiger partial charge in [-0.25, -0.2) is 22.5 Å². The number of nitrogens with zero attached hydrogens (tertiary/aromatic N) is 4. The van der Waals surface area contributed by atoms with Crippen molar-refractivity contribution in [1.29, 1.82) is 0 Å². The average Bonchev–Trinajstić information content (AvgIpc) is 3.31. The fourth-order valence-corrected chi connectivity index (χ4v) is 5.22. The number of carbonyl (C=O) groups excluding carboxylic acids is 1. The molecule has 1 atom stereocenters. The number of imidazole rings is 1. The van der Waals surface area contributed by atoms with Gasteiger partial charge in [-0.15, -0.1) is 13.2 Å². The number of ether oxygens (including phenoxy) is 1. The van der Waals surface area contributed by atoms with Gasteiger partial charge < -0.3 is 19.9 Å². The number of benzene rings is 2. The molecule has 0 spiro atoms. The number of rotatable bonds is 7. The van der Waals surface area contributed by atoms with Crippen LogP contribution in [0.1, 0.15) is 35.6 Å². The van der Waals surface area contributed by atoms with Crippen molar-refractivity contribution in [3.63, 3.8) is 0 Å². The second-order valence-corrected chi connectivity index (χ2v) is 10.1. The van der Waals surface area contributed by atoms with Crippen LogP contribution in [0.3, 0.4) is 0 Å². The molecule has 1 fully saturated rings. The van der Waals surface area contributed by atoms with E-state index in [4.69, 9.17) is 0 Å². The van der Waals surface area contributed by atoms with Gasteiger partial charge in [-0.1, -0.05) is 13.0 Å². The largest absolute Gasteiger partial charge is 0.573 e. The van der Waals surface area contributed by atoms with E-state index >= 15 is 4.39 Å². The summed E-state index contributed by atoms with van der Waals surface area (Å²) in [4.78, 5) is 20.7. The lowest BCUT2D eigenvalue weighted by Gasteiger charge is -2.42. The Bertz CT molecular complexity index is 1650. The summed E-state index contributed by atoms with van der Waals surface area (Å²) in [6.07, 6.45) is -3.38. The molecular weight excluding hydrogens is 583 g/mol. The second-order valence-electron chi connectivity index (χ2n) is 10.1. The summed E-state index contributed by atoms with van der Waals surface area (Å²) in [5.41, 5.74) is 1.87. The van der Waals surface area contributed by atoms with Crippen LogP contribution in [0.4, 0.5) is 42.1 Å². The van der Waals surface area contributed by atoms with E-state index in [-0.39, 0.29) is 49.3 Å². The lowest BCUT2D eigenvalue weighted by Crippen LogP contribution is -2.52. The Labute approximate surface area is 241 Å². The van der Waals surface area contributed by atoms with E-state index in [1.54, 1.807) is 28.9 Å². The van der Waals surface area contributed by atoms with Crippen molar-refractivity contribution >= 4 is 22.9 Å². The highest BCUT2D eigenvalue weighted by Crippen LogP contribution is 2.34. The number of aromatic nitrogens is 2. The Kier molecular flexibility index (Phi) is 8.12. The first-order valence-corrected chi connectivity index (χ1v) is 13.3. The molecule has 0 saturated carbocycles. The zero-order valence-corrected chi connectivity index (χ0v) is 23.0. The summed E-state index contributed by atoms with van der Waals surface area (Å²) >= 11 is 0. The number of fused-ring (bicyclic) bond motifs is 1. The van der Waals surface area contributed by atoms with Crippen molar-refractivity contribution in [2.75, 3.05) is 29.4 Å². The third-order valence-corrected chi connectivity index (χ3v) is 7.18. The molecule has 228 valence electrons. The van der Waals surface area contributed by atoms with Crippen molar-refractivity contribution in [2.45, 2.75) is 39.2 Å². The molecule has 3 heterocycles. The molecule has 1 amide bonds. The number of nitrogens with one attached hydrogen (secondary N) is 1. The van der Waals surface area contributed by atoms with E-state index in [1.807, 2.05) is 6.92 Å². The molecule has 1 aliphatic heterocycles. The third kappa shape index (κ3) is 6.32. The molecule has 1 N–H and O–H groups in total. The summed E-state index contributed by atoms with van der Waals surface area (Å²) in [6.45, 7) is 4.30. The first-order chi connectivity index (χ1) is 20.3. The Morgan fingerprint density at radius 1 is 1.02 bits per heavy atom. The number of piperazine rings is 1. The summed E-state index contributed by atoms with van der Waals surface area (Å²) in [5.74, 6) is -5.97. The maximum Gasteiger partial charge on any atom is 0.573 e. The summed E-state index contributed by atoms with van der Waals surface area (Å²) in [5, 5.41) is 2.75. The summed E-state index contributed by atoms with van der Waals surface area (Å²) < 4.78 is 99.7. The lowest BCUT2D eigenvalue weighted by molar-refractivity contribution is -0.276. The Balaban J connectivity index is 1.24. The number of hydrogen-bond acceptors (Lipinski definition) is 5. The van der Waals surface area contributed by atoms with Crippen molar-refractivity contribution in [1.82, 2.24) is 14.7 Å². The molecule has 2 aromatic carbocycles. The molecule has 5 rings (SSSR count). The molecule has 0 radical (unpaired) electrons.